The second kappa shape index (κ2) is 8.67. The summed E-state index contributed by atoms with van der Waals surface area (Å²) in [6.45, 7) is 2.33. The van der Waals surface area contributed by atoms with E-state index in [2.05, 4.69) is 24.3 Å². The van der Waals surface area contributed by atoms with Gasteiger partial charge < -0.3 is 10.0 Å². The maximum atomic E-state index is 12.3. The number of hydrogen-bond acceptors (Lipinski definition) is 3. The lowest BCUT2D eigenvalue weighted by Gasteiger charge is -2.33. The van der Waals surface area contributed by atoms with E-state index in [1.165, 1.54) is 5.56 Å². The van der Waals surface area contributed by atoms with Gasteiger partial charge in [0, 0.05) is 19.6 Å². The van der Waals surface area contributed by atoms with Crippen molar-refractivity contribution in [3.63, 3.8) is 0 Å². The van der Waals surface area contributed by atoms with Gasteiger partial charge in [0.05, 0.1) is 13.0 Å². The fourth-order valence-electron chi connectivity index (χ4n) is 3.03. The second-order valence-electron chi connectivity index (χ2n) is 6.40. The van der Waals surface area contributed by atoms with Crippen molar-refractivity contribution in [2.75, 3.05) is 33.2 Å². The molecule has 1 aliphatic heterocycles. The van der Waals surface area contributed by atoms with Gasteiger partial charge in [-0.3, -0.25) is 14.5 Å². The first-order valence-electron chi connectivity index (χ1n) is 8.26. The highest BCUT2D eigenvalue weighted by molar-refractivity contribution is 5.78. The van der Waals surface area contributed by atoms with Gasteiger partial charge in [-0.25, -0.2) is 0 Å². The highest BCUT2D eigenvalue weighted by atomic mass is 16.4. The predicted octanol–water partition coefficient (Wildman–Crippen LogP) is 1.87. The van der Waals surface area contributed by atoms with Gasteiger partial charge in [-0.1, -0.05) is 30.3 Å². The number of aliphatic carboxylic acids is 1. The van der Waals surface area contributed by atoms with E-state index in [-0.39, 0.29) is 12.3 Å². The number of benzene rings is 1. The van der Waals surface area contributed by atoms with Crippen LogP contribution < -0.4 is 0 Å². The van der Waals surface area contributed by atoms with Crippen LogP contribution in [0.4, 0.5) is 0 Å². The molecule has 0 aliphatic carbocycles. The summed E-state index contributed by atoms with van der Waals surface area (Å²) >= 11 is 0. The van der Waals surface area contributed by atoms with Crippen LogP contribution >= 0.6 is 0 Å². The van der Waals surface area contributed by atoms with Crippen molar-refractivity contribution in [3.05, 3.63) is 35.9 Å². The quantitative estimate of drug-likeness (QED) is 0.834. The smallest absolute Gasteiger partial charge is 0.304 e. The van der Waals surface area contributed by atoms with Crippen molar-refractivity contribution in [3.8, 4) is 0 Å². The third kappa shape index (κ3) is 6.02. The molecule has 1 amide bonds. The molecule has 0 radical (unpaired) electrons. The van der Waals surface area contributed by atoms with E-state index in [0.717, 1.165) is 32.4 Å². The first-order chi connectivity index (χ1) is 11.0. The summed E-state index contributed by atoms with van der Waals surface area (Å²) in [5.41, 5.74) is 1.37. The molecule has 0 spiro atoms. The Bertz CT molecular complexity index is 510. The highest BCUT2D eigenvalue weighted by Crippen LogP contribution is 2.21. The van der Waals surface area contributed by atoms with Gasteiger partial charge >= 0.3 is 5.97 Å². The van der Waals surface area contributed by atoms with Crippen LogP contribution in [0.1, 0.15) is 24.8 Å². The number of carboxylic acids is 1. The molecule has 1 aromatic carbocycles. The summed E-state index contributed by atoms with van der Waals surface area (Å²) in [6.07, 6.45) is 3.24. The molecule has 0 bridgehead atoms. The van der Waals surface area contributed by atoms with E-state index in [4.69, 9.17) is 5.11 Å². The molecular formula is C18H26N2O3. The van der Waals surface area contributed by atoms with Crippen molar-refractivity contribution >= 4 is 11.9 Å². The molecule has 0 unspecified atom stereocenters. The molecule has 1 aromatic rings. The topological polar surface area (TPSA) is 60.9 Å². The zero-order valence-electron chi connectivity index (χ0n) is 13.8. The monoisotopic (exact) mass is 318 g/mol. The van der Waals surface area contributed by atoms with Crippen molar-refractivity contribution in [2.45, 2.75) is 25.7 Å². The number of amides is 1. The standard InChI is InChI=1S/C18H26N2O3/c1-19(10-9-18(22)23)14-17(21)20-11-7-16(8-12-20)13-15-5-3-2-4-6-15/h2-6,16H,7-14H2,1H3,(H,22,23). The van der Waals surface area contributed by atoms with Gasteiger partial charge in [0.1, 0.15) is 0 Å². The molecule has 1 fully saturated rings. The molecule has 5 heteroatoms. The summed E-state index contributed by atoms with van der Waals surface area (Å²) in [6, 6.07) is 10.5. The molecular weight excluding hydrogens is 292 g/mol. The van der Waals surface area contributed by atoms with E-state index in [0.29, 0.717) is 19.0 Å². The molecule has 1 aliphatic rings. The van der Waals surface area contributed by atoms with Crippen LogP contribution in [0.2, 0.25) is 0 Å². The summed E-state index contributed by atoms with van der Waals surface area (Å²) in [4.78, 5) is 26.5. The normalized spacial score (nSPS) is 15.8. The largest absolute Gasteiger partial charge is 0.481 e. The second-order valence-corrected chi connectivity index (χ2v) is 6.40. The minimum absolute atomic E-state index is 0.0724. The van der Waals surface area contributed by atoms with Crippen molar-refractivity contribution < 1.29 is 14.7 Å². The number of likely N-dealkylation sites (tertiary alicyclic amines) is 1. The van der Waals surface area contributed by atoms with Crippen LogP contribution in [0.3, 0.4) is 0 Å². The van der Waals surface area contributed by atoms with E-state index in [1.807, 2.05) is 11.0 Å². The average Bonchev–Trinajstić information content (AvgIpc) is 2.54. The Balaban J connectivity index is 1.71. The molecule has 1 N–H and O–H groups in total. The highest BCUT2D eigenvalue weighted by Gasteiger charge is 2.23. The van der Waals surface area contributed by atoms with Crippen LogP contribution in [0.5, 0.6) is 0 Å². The van der Waals surface area contributed by atoms with E-state index < -0.39 is 5.97 Å². The summed E-state index contributed by atoms with van der Waals surface area (Å²) in [7, 11) is 1.79. The fraction of sp³-hybridized carbons (Fsp3) is 0.556. The lowest BCUT2D eigenvalue weighted by atomic mass is 9.90. The summed E-state index contributed by atoms with van der Waals surface area (Å²) in [5.74, 6) is -0.0757. The Morgan fingerprint density at radius 3 is 2.48 bits per heavy atom. The van der Waals surface area contributed by atoms with Crippen LogP contribution in [0, 0.1) is 5.92 Å². The van der Waals surface area contributed by atoms with Crippen LogP contribution in [0.15, 0.2) is 30.3 Å². The van der Waals surface area contributed by atoms with Gasteiger partial charge in [0.2, 0.25) is 5.91 Å². The van der Waals surface area contributed by atoms with Crippen LogP contribution in [-0.2, 0) is 16.0 Å². The number of hydrogen-bond donors (Lipinski definition) is 1. The minimum Gasteiger partial charge on any atom is -0.481 e. The van der Waals surface area contributed by atoms with Gasteiger partial charge in [-0.05, 0) is 37.8 Å². The molecule has 2 rings (SSSR count). The number of carbonyl (C=O) groups is 2. The zero-order valence-corrected chi connectivity index (χ0v) is 13.8. The van der Waals surface area contributed by atoms with Gasteiger partial charge in [0.15, 0.2) is 0 Å². The molecule has 23 heavy (non-hydrogen) atoms. The number of rotatable bonds is 7. The van der Waals surface area contributed by atoms with Crippen molar-refractivity contribution in [1.29, 1.82) is 0 Å². The van der Waals surface area contributed by atoms with E-state index in [9.17, 15) is 9.59 Å². The summed E-state index contributed by atoms with van der Waals surface area (Å²) < 4.78 is 0. The Hall–Kier alpha value is -1.88. The van der Waals surface area contributed by atoms with Crippen LogP contribution in [0.25, 0.3) is 0 Å². The third-order valence-corrected chi connectivity index (χ3v) is 4.45. The maximum Gasteiger partial charge on any atom is 0.304 e. The average molecular weight is 318 g/mol. The van der Waals surface area contributed by atoms with Gasteiger partial charge in [0.25, 0.3) is 0 Å². The minimum atomic E-state index is -0.828. The van der Waals surface area contributed by atoms with Gasteiger partial charge in [-0.2, -0.15) is 0 Å². The SMILES string of the molecule is CN(CCC(=O)O)CC(=O)N1CCC(Cc2ccccc2)CC1. The Labute approximate surface area is 137 Å². The Kier molecular flexibility index (Phi) is 6.59. The molecule has 126 valence electrons. The first-order valence-corrected chi connectivity index (χ1v) is 8.26. The third-order valence-electron chi connectivity index (χ3n) is 4.45. The number of piperidine rings is 1. The molecule has 5 nitrogen and oxygen atoms in total. The first kappa shape index (κ1) is 17.5. The number of nitrogens with zero attached hydrogens (tertiary/aromatic N) is 2. The Morgan fingerprint density at radius 2 is 1.87 bits per heavy atom. The fourth-order valence-corrected chi connectivity index (χ4v) is 3.03. The lowest BCUT2D eigenvalue weighted by Crippen LogP contribution is -2.43. The maximum absolute atomic E-state index is 12.3. The number of likely N-dealkylation sites (N-methyl/N-ethyl adjacent to an activating group) is 1. The van der Waals surface area contributed by atoms with Crippen molar-refractivity contribution in [1.82, 2.24) is 9.80 Å². The lowest BCUT2D eigenvalue weighted by molar-refractivity contribution is -0.138. The Morgan fingerprint density at radius 1 is 1.22 bits per heavy atom. The summed E-state index contributed by atoms with van der Waals surface area (Å²) in [5, 5.41) is 8.67. The number of carboxylic acid groups (broad SMARTS) is 1. The van der Waals surface area contributed by atoms with Gasteiger partial charge in [-0.15, -0.1) is 0 Å². The van der Waals surface area contributed by atoms with Crippen molar-refractivity contribution in [2.24, 2.45) is 5.92 Å². The molecule has 0 atom stereocenters. The zero-order chi connectivity index (χ0) is 16.7. The van der Waals surface area contributed by atoms with E-state index in [1.54, 1.807) is 11.9 Å². The molecule has 1 saturated heterocycles. The predicted molar refractivity (Wildman–Crippen MR) is 89.2 cm³/mol. The van der Waals surface area contributed by atoms with E-state index >= 15 is 0 Å². The molecule has 1 heterocycles. The number of carbonyl (C=O) groups excluding carboxylic acids is 1. The van der Waals surface area contributed by atoms with Crippen LogP contribution in [-0.4, -0.2) is 60.0 Å². The molecule has 0 saturated carbocycles. The molecule has 0 aromatic heterocycles.